The van der Waals surface area contributed by atoms with Crippen LogP contribution in [0.1, 0.15) is 36.2 Å². The highest BCUT2D eigenvalue weighted by molar-refractivity contribution is 5.74. The van der Waals surface area contributed by atoms with Gasteiger partial charge in [0.05, 0.1) is 29.5 Å². The Bertz CT molecular complexity index is 1260. The highest BCUT2D eigenvalue weighted by atomic mass is 16.5. The number of hydrogen-bond acceptors (Lipinski definition) is 7. The van der Waals surface area contributed by atoms with Gasteiger partial charge in [-0.1, -0.05) is 6.07 Å². The van der Waals surface area contributed by atoms with Crippen LogP contribution in [0.25, 0.3) is 5.52 Å². The SMILES string of the molecule is CO[C@@H]1CN(c2ccc3c(c2)CN2[C@H](C)CN(c4ccc(C#N)n5nccc45)C[C@H]32)CC[C@@H]1N. The van der Waals surface area contributed by atoms with Gasteiger partial charge >= 0.3 is 0 Å². The second kappa shape index (κ2) is 8.27. The van der Waals surface area contributed by atoms with Crippen LogP contribution < -0.4 is 15.5 Å². The molecule has 3 aromatic rings. The summed E-state index contributed by atoms with van der Waals surface area (Å²) in [6.45, 7) is 6.99. The third kappa shape index (κ3) is 3.35. The number of rotatable bonds is 3. The van der Waals surface area contributed by atoms with E-state index in [0.717, 1.165) is 50.3 Å². The Morgan fingerprint density at radius 2 is 2.00 bits per heavy atom. The van der Waals surface area contributed by atoms with Crippen molar-refractivity contribution in [2.45, 2.75) is 44.1 Å². The van der Waals surface area contributed by atoms with E-state index in [-0.39, 0.29) is 12.1 Å². The van der Waals surface area contributed by atoms with E-state index in [9.17, 15) is 5.26 Å². The number of benzene rings is 1. The number of hydrogen-bond donors (Lipinski definition) is 1. The first kappa shape index (κ1) is 21.4. The molecule has 3 aliphatic heterocycles. The number of nitriles is 1. The average Bonchev–Trinajstić information content (AvgIpc) is 3.49. The third-order valence-electron chi connectivity index (χ3n) is 7.95. The van der Waals surface area contributed by atoms with Crippen molar-refractivity contribution in [2.24, 2.45) is 5.73 Å². The van der Waals surface area contributed by atoms with E-state index in [1.54, 1.807) is 17.8 Å². The number of ether oxygens (including phenoxy) is 1. The van der Waals surface area contributed by atoms with E-state index in [0.29, 0.717) is 17.8 Å². The fraction of sp³-hybridized carbons (Fsp3) is 0.462. The molecule has 8 heteroatoms. The minimum Gasteiger partial charge on any atom is -0.378 e. The van der Waals surface area contributed by atoms with E-state index in [4.69, 9.17) is 10.5 Å². The van der Waals surface area contributed by atoms with Crippen LogP contribution >= 0.6 is 0 Å². The molecule has 0 aliphatic carbocycles. The zero-order valence-corrected chi connectivity index (χ0v) is 19.8. The van der Waals surface area contributed by atoms with Crippen LogP contribution in [0.5, 0.6) is 0 Å². The summed E-state index contributed by atoms with van der Waals surface area (Å²) in [6, 6.07) is 16.0. The quantitative estimate of drug-likeness (QED) is 0.647. The van der Waals surface area contributed by atoms with Crippen LogP contribution in [-0.4, -0.2) is 66.0 Å². The van der Waals surface area contributed by atoms with Crippen LogP contribution in [0.15, 0.2) is 42.6 Å². The number of aromatic nitrogens is 2. The lowest BCUT2D eigenvalue weighted by molar-refractivity contribution is 0.0730. The van der Waals surface area contributed by atoms with Crippen molar-refractivity contribution in [3.8, 4) is 6.07 Å². The Morgan fingerprint density at radius 1 is 1.12 bits per heavy atom. The lowest BCUT2D eigenvalue weighted by Gasteiger charge is -2.43. The van der Waals surface area contributed by atoms with E-state index < -0.39 is 0 Å². The molecule has 2 saturated heterocycles. The van der Waals surface area contributed by atoms with Gasteiger partial charge in [0, 0.05) is 57.6 Å². The van der Waals surface area contributed by atoms with Crippen LogP contribution in [0.4, 0.5) is 11.4 Å². The largest absolute Gasteiger partial charge is 0.378 e. The van der Waals surface area contributed by atoms with E-state index >= 15 is 0 Å². The second-order valence-corrected chi connectivity index (χ2v) is 9.84. The smallest absolute Gasteiger partial charge is 0.142 e. The van der Waals surface area contributed by atoms with Crippen molar-refractivity contribution in [1.82, 2.24) is 14.5 Å². The first-order valence-corrected chi connectivity index (χ1v) is 12.1. The predicted octanol–water partition coefficient (Wildman–Crippen LogP) is 2.52. The number of fused-ring (bicyclic) bond motifs is 4. The van der Waals surface area contributed by atoms with Crippen molar-refractivity contribution < 1.29 is 4.74 Å². The van der Waals surface area contributed by atoms with Crippen molar-refractivity contribution in [3.63, 3.8) is 0 Å². The number of piperazine rings is 1. The lowest BCUT2D eigenvalue weighted by Crippen LogP contribution is -2.51. The molecule has 0 spiro atoms. The molecule has 0 radical (unpaired) electrons. The number of piperidine rings is 1. The number of methoxy groups -OCH3 is 1. The average molecular weight is 458 g/mol. The molecule has 3 aliphatic rings. The normalized spacial score (nSPS) is 27.0. The van der Waals surface area contributed by atoms with Crippen LogP contribution in [0.2, 0.25) is 0 Å². The molecule has 2 fully saturated rings. The molecule has 6 rings (SSSR count). The first-order chi connectivity index (χ1) is 16.6. The molecular formula is C26H31N7O. The maximum atomic E-state index is 9.44. The lowest BCUT2D eigenvalue weighted by atomic mass is 9.98. The van der Waals surface area contributed by atoms with Crippen molar-refractivity contribution in [1.29, 1.82) is 5.26 Å². The molecule has 2 aromatic heterocycles. The van der Waals surface area contributed by atoms with Gasteiger partial charge in [-0.15, -0.1) is 0 Å². The topological polar surface area (TPSA) is 86.1 Å². The van der Waals surface area contributed by atoms with Gasteiger partial charge < -0.3 is 20.3 Å². The summed E-state index contributed by atoms with van der Waals surface area (Å²) in [6.07, 6.45) is 2.80. The summed E-state index contributed by atoms with van der Waals surface area (Å²) in [5.74, 6) is 0. The summed E-state index contributed by atoms with van der Waals surface area (Å²) in [5.41, 5.74) is 13.0. The van der Waals surface area contributed by atoms with Crippen LogP contribution in [-0.2, 0) is 11.3 Å². The van der Waals surface area contributed by atoms with Crippen LogP contribution in [0.3, 0.4) is 0 Å². The van der Waals surface area contributed by atoms with E-state index in [2.05, 4.69) is 57.1 Å². The van der Waals surface area contributed by atoms with Gasteiger partial charge in [0.2, 0.25) is 0 Å². The number of nitrogens with zero attached hydrogens (tertiary/aromatic N) is 6. The number of nitrogens with two attached hydrogens (primary N) is 1. The molecule has 176 valence electrons. The Morgan fingerprint density at radius 3 is 2.82 bits per heavy atom. The number of anilines is 2. The summed E-state index contributed by atoms with van der Waals surface area (Å²) >= 11 is 0. The molecule has 5 heterocycles. The highest BCUT2D eigenvalue weighted by Gasteiger charge is 2.39. The van der Waals surface area contributed by atoms with Gasteiger partial charge in [0.15, 0.2) is 0 Å². The number of pyridine rings is 1. The van der Waals surface area contributed by atoms with Gasteiger partial charge in [0.1, 0.15) is 11.8 Å². The third-order valence-corrected chi connectivity index (χ3v) is 7.95. The molecule has 0 bridgehead atoms. The molecule has 1 aromatic carbocycles. The Hall–Kier alpha value is -3.12. The molecular weight excluding hydrogens is 426 g/mol. The highest BCUT2D eigenvalue weighted by Crippen LogP contribution is 2.42. The summed E-state index contributed by atoms with van der Waals surface area (Å²) in [5, 5.41) is 13.8. The minimum atomic E-state index is 0.0784. The van der Waals surface area contributed by atoms with Crippen molar-refractivity contribution in [2.75, 3.05) is 43.1 Å². The van der Waals surface area contributed by atoms with Crippen molar-refractivity contribution in [3.05, 3.63) is 59.4 Å². The Balaban J connectivity index is 1.28. The fourth-order valence-electron chi connectivity index (χ4n) is 6.08. The monoisotopic (exact) mass is 457 g/mol. The molecule has 8 nitrogen and oxygen atoms in total. The first-order valence-electron chi connectivity index (χ1n) is 12.1. The Kier molecular flexibility index (Phi) is 5.21. The van der Waals surface area contributed by atoms with Gasteiger partial charge in [-0.25, -0.2) is 4.52 Å². The summed E-state index contributed by atoms with van der Waals surface area (Å²) in [7, 11) is 1.76. The van der Waals surface area contributed by atoms with Gasteiger partial charge in [0.25, 0.3) is 0 Å². The van der Waals surface area contributed by atoms with E-state index in [1.807, 2.05) is 12.1 Å². The standard InChI is InChI=1S/C26H31N7O/c1-17-13-31(23-6-4-20(12-27)33-24(23)7-9-29-33)15-25-21-5-3-19(11-18(21)14-32(17)25)30-10-8-22(28)26(16-30)34-2/h3-7,9,11,17,22,25-26H,8,10,13-16,28H2,1-2H3/t17-,22+,25-,26-/m1/s1. The molecule has 0 unspecified atom stereocenters. The van der Waals surface area contributed by atoms with Gasteiger partial charge in [-0.2, -0.15) is 10.4 Å². The summed E-state index contributed by atoms with van der Waals surface area (Å²) < 4.78 is 7.38. The van der Waals surface area contributed by atoms with E-state index in [1.165, 1.54) is 16.8 Å². The Labute approximate surface area is 200 Å². The van der Waals surface area contributed by atoms with Crippen LogP contribution in [0, 0.1) is 11.3 Å². The maximum absolute atomic E-state index is 9.44. The van der Waals surface area contributed by atoms with Crippen molar-refractivity contribution >= 4 is 16.9 Å². The molecule has 34 heavy (non-hydrogen) atoms. The predicted molar refractivity (Wildman–Crippen MR) is 132 cm³/mol. The maximum Gasteiger partial charge on any atom is 0.142 e. The zero-order chi connectivity index (χ0) is 23.4. The second-order valence-electron chi connectivity index (χ2n) is 9.84. The molecule has 0 saturated carbocycles. The molecule has 2 N–H and O–H groups in total. The zero-order valence-electron chi connectivity index (χ0n) is 19.8. The molecule has 4 atom stereocenters. The van der Waals surface area contributed by atoms with Gasteiger partial charge in [-0.05, 0) is 54.8 Å². The minimum absolute atomic E-state index is 0.0784. The fourth-order valence-corrected chi connectivity index (χ4v) is 6.08. The molecule has 0 amide bonds. The summed E-state index contributed by atoms with van der Waals surface area (Å²) in [4.78, 5) is 7.51. The van der Waals surface area contributed by atoms with Gasteiger partial charge in [-0.3, -0.25) is 4.90 Å².